The molecule has 2 heterocycles. The van der Waals surface area contributed by atoms with E-state index >= 15 is 0 Å². The van der Waals surface area contributed by atoms with Crippen LogP contribution in [0, 0.1) is 5.41 Å². The number of rotatable bonds is 6. The average molecular weight is 367 g/mol. The first kappa shape index (κ1) is 17.8. The van der Waals surface area contributed by atoms with E-state index in [2.05, 4.69) is 10.3 Å². The molecule has 0 bridgehead atoms. The molecule has 1 atom stereocenters. The summed E-state index contributed by atoms with van der Waals surface area (Å²) in [5.74, 6) is 0.0528. The van der Waals surface area contributed by atoms with E-state index in [4.69, 9.17) is 5.11 Å². The van der Waals surface area contributed by atoms with E-state index in [-0.39, 0.29) is 29.9 Å². The van der Waals surface area contributed by atoms with Crippen molar-refractivity contribution in [3.63, 3.8) is 0 Å². The number of carbonyl (C=O) groups is 2. The van der Waals surface area contributed by atoms with Crippen LogP contribution >= 0.6 is 0 Å². The van der Waals surface area contributed by atoms with Gasteiger partial charge in [0, 0.05) is 36.8 Å². The molecule has 1 aromatic carbocycles. The van der Waals surface area contributed by atoms with Gasteiger partial charge in [-0.15, -0.1) is 0 Å². The van der Waals surface area contributed by atoms with Gasteiger partial charge in [0.05, 0.1) is 17.9 Å². The number of benzene rings is 1. The summed E-state index contributed by atoms with van der Waals surface area (Å²) in [6, 6.07) is 7.78. The summed E-state index contributed by atoms with van der Waals surface area (Å²) < 4.78 is 0. The van der Waals surface area contributed by atoms with Gasteiger partial charge in [-0.25, -0.2) is 0 Å². The van der Waals surface area contributed by atoms with Crippen molar-refractivity contribution < 1.29 is 14.7 Å². The number of hydrogen-bond acceptors (Lipinski definition) is 3. The number of nitrogens with zero attached hydrogens (tertiary/aromatic N) is 1. The molecule has 1 fully saturated rings. The minimum absolute atomic E-state index is 0.00266. The van der Waals surface area contributed by atoms with Gasteiger partial charge in [-0.3, -0.25) is 9.59 Å². The lowest BCUT2D eigenvalue weighted by Crippen LogP contribution is -2.49. The molecule has 1 saturated carbocycles. The minimum Gasteiger partial charge on any atom is -0.396 e. The third kappa shape index (κ3) is 3.62. The van der Waals surface area contributed by atoms with E-state index in [1.165, 1.54) is 0 Å². The summed E-state index contributed by atoms with van der Waals surface area (Å²) in [5, 5.41) is 13.3. The zero-order valence-electron chi connectivity index (χ0n) is 15.3. The van der Waals surface area contributed by atoms with Crippen LogP contribution in [0.1, 0.15) is 24.8 Å². The summed E-state index contributed by atoms with van der Waals surface area (Å²) in [6.45, 7) is 1.08. The number of carbonyl (C=O) groups excluding carboxylic acids is 2. The Balaban J connectivity index is 1.38. The van der Waals surface area contributed by atoms with Crippen LogP contribution in [-0.4, -0.2) is 52.5 Å². The molecule has 1 unspecified atom stereocenters. The molecule has 142 valence electrons. The Hall–Kier alpha value is -2.60. The highest BCUT2D eigenvalue weighted by Crippen LogP contribution is 2.48. The van der Waals surface area contributed by atoms with Crippen LogP contribution in [0.5, 0.6) is 0 Å². The number of aromatic amines is 1. The highest BCUT2D eigenvalue weighted by Gasteiger charge is 2.49. The average Bonchev–Trinajstić information content (AvgIpc) is 3.36. The Morgan fingerprint density at radius 3 is 2.89 bits per heavy atom. The smallest absolute Gasteiger partial charge is 0.227 e. The van der Waals surface area contributed by atoms with E-state index in [0.717, 1.165) is 29.3 Å². The molecule has 27 heavy (non-hydrogen) atoms. The molecular formula is C21H25N3O3. The second kappa shape index (κ2) is 7.19. The Bertz CT molecular complexity index is 882. The highest BCUT2D eigenvalue weighted by molar-refractivity contribution is 5.89. The number of para-hydroxylation sites is 1. The Labute approximate surface area is 158 Å². The molecule has 3 N–H and O–H groups in total. The lowest BCUT2D eigenvalue weighted by atomic mass is 10.0. The molecular weight excluding hydrogens is 342 g/mol. The van der Waals surface area contributed by atoms with E-state index in [1.54, 1.807) is 4.90 Å². The zero-order chi connectivity index (χ0) is 18.9. The Kier molecular flexibility index (Phi) is 4.74. The maximum Gasteiger partial charge on any atom is 0.227 e. The fourth-order valence-electron chi connectivity index (χ4n) is 3.85. The van der Waals surface area contributed by atoms with Crippen LogP contribution in [-0.2, 0) is 16.0 Å². The van der Waals surface area contributed by atoms with Gasteiger partial charge in [0.15, 0.2) is 0 Å². The molecule has 2 aliphatic rings. The van der Waals surface area contributed by atoms with Gasteiger partial charge < -0.3 is 20.3 Å². The molecule has 2 amide bonds. The quantitative estimate of drug-likeness (QED) is 0.680. The number of H-pyrrole nitrogens is 1. The number of nitrogens with one attached hydrogen (secondary N) is 2. The van der Waals surface area contributed by atoms with Crippen molar-refractivity contribution in [2.75, 3.05) is 19.7 Å². The van der Waals surface area contributed by atoms with Crippen molar-refractivity contribution >= 4 is 22.7 Å². The van der Waals surface area contributed by atoms with Crippen LogP contribution in [0.4, 0.5) is 0 Å². The van der Waals surface area contributed by atoms with E-state index in [1.807, 2.05) is 42.6 Å². The fourth-order valence-corrected chi connectivity index (χ4v) is 3.85. The van der Waals surface area contributed by atoms with E-state index in [9.17, 15) is 9.59 Å². The molecule has 0 saturated heterocycles. The summed E-state index contributed by atoms with van der Waals surface area (Å²) in [4.78, 5) is 30.3. The van der Waals surface area contributed by atoms with Gasteiger partial charge in [0.1, 0.15) is 0 Å². The van der Waals surface area contributed by atoms with Crippen LogP contribution in [0.2, 0.25) is 0 Å². The normalized spacial score (nSPS) is 20.6. The lowest BCUT2D eigenvalue weighted by Gasteiger charge is -2.30. The monoisotopic (exact) mass is 367 g/mol. The molecule has 4 rings (SSSR count). The second-order valence-corrected chi connectivity index (χ2v) is 7.60. The Morgan fingerprint density at radius 1 is 1.30 bits per heavy atom. The van der Waals surface area contributed by atoms with Crippen molar-refractivity contribution in [1.29, 1.82) is 0 Å². The van der Waals surface area contributed by atoms with Gasteiger partial charge in [-0.1, -0.05) is 30.4 Å². The fraction of sp³-hybridized carbons (Fsp3) is 0.429. The second-order valence-electron chi connectivity index (χ2n) is 7.60. The SMILES string of the molecule is O=C(Cc1c[nH]c2ccccc12)N1CC=CC(NC(=O)C2(CCO)CC2)C1. The van der Waals surface area contributed by atoms with Gasteiger partial charge in [-0.2, -0.15) is 0 Å². The van der Waals surface area contributed by atoms with Gasteiger partial charge in [-0.05, 0) is 30.9 Å². The summed E-state index contributed by atoms with van der Waals surface area (Å²) in [5.41, 5.74) is 1.63. The number of fused-ring (bicyclic) bond motifs is 1. The predicted octanol–water partition coefficient (Wildman–Crippen LogP) is 1.76. The van der Waals surface area contributed by atoms with Crippen LogP contribution in [0.3, 0.4) is 0 Å². The van der Waals surface area contributed by atoms with E-state index < -0.39 is 0 Å². The highest BCUT2D eigenvalue weighted by atomic mass is 16.3. The lowest BCUT2D eigenvalue weighted by molar-refractivity contribution is -0.132. The number of aliphatic hydroxyl groups excluding tert-OH is 1. The van der Waals surface area contributed by atoms with Crippen LogP contribution in [0.25, 0.3) is 10.9 Å². The maximum absolute atomic E-state index is 12.8. The third-order valence-corrected chi connectivity index (χ3v) is 5.72. The topological polar surface area (TPSA) is 85.4 Å². The van der Waals surface area contributed by atoms with Gasteiger partial charge >= 0.3 is 0 Å². The third-order valence-electron chi connectivity index (χ3n) is 5.72. The van der Waals surface area contributed by atoms with Crippen molar-refractivity contribution in [1.82, 2.24) is 15.2 Å². The first-order chi connectivity index (χ1) is 13.1. The van der Waals surface area contributed by atoms with Gasteiger partial charge in [0.2, 0.25) is 11.8 Å². The first-order valence-corrected chi connectivity index (χ1v) is 9.52. The zero-order valence-corrected chi connectivity index (χ0v) is 15.3. The van der Waals surface area contributed by atoms with Crippen molar-refractivity contribution in [3.05, 3.63) is 48.2 Å². The Morgan fingerprint density at radius 2 is 2.11 bits per heavy atom. The molecule has 0 radical (unpaired) electrons. The molecule has 1 aromatic heterocycles. The van der Waals surface area contributed by atoms with Crippen molar-refractivity contribution in [3.8, 4) is 0 Å². The largest absolute Gasteiger partial charge is 0.396 e. The summed E-state index contributed by atoms with van der Waals surface area (Å²) in [6.07, 6.45) is 8.31. The molecule has 6 heteroatoms. The molecule has 0 spiro atoms. The van der Waals surface area contributed by atoms with Crippen LogP contribution < -0.4 is 5.32 Å². The van der Waals surface area contributed by atoms with Crippen molar-refractivity contribution in [2.24, 2.45) is 5.41 Å². The number of hydrogen-bond donors (Lipinski definition) is 3. The number of aliphatic hydroxyl groups is 1. The molecule has 1 aliphatic carbocycles. The number of amides is 2. The maximum atomic E-state index is 12.8. The number of aromatic nitrogens is 1. The van der Waals surface area contributed by atoms with Crippen LogP contribution in [0.15, 0.2) is 42.6 Å². The summed E-state index contributed by atoms with van der Waals surface area (Å²) in [7, 11) is 0. The van der Waals surface area contributed by atoms with Crippen molar-refractivity contribution in [2.45, 2.75) is 31.7 Å². The predicted molar refractivity (Wildman–Crippen MR) is 103 cm³/mol. The van der Waals surface area contributed by atoms with Gasteiger partial charge in [0.25, 0.3) is 0 Å². The first-order valence-electron chi connectivity index (χ1n) is 9.52. The minimum atomic E-state index is -0.390. The van der Waals surface area contributed by atoms with E-state index in [0.29, 0.717) is 25.9 Å². The summed E-state index contributed by atoms with van der Waals surface area (Å²) >= 11 is 0. The molecule has 2 aromatic rings. The standard InChI is InChI=1S/C21H25N3O3/c25-11-9-21(7-8-21)20(27)23-16-4-3-10-24(14-16)19(26)12-15-13-22-18-6-2-1-5-17(15)18/h1-6,13,16,22,25H,7-12,14H2,(H,23,27). The molecule has 6 nitrogen and oxygen atoms in total. The molecule has 1 aliphatic heterocycles.